The Balaban J connectivity index is 1.82. The fourth-order valence-electron chi connectivity index (χ4n) is 2.54. The van der Waals surface area contributed by atoms with Gasteiger partial charge in [0.25, 0.3) is 11.8 Å². The van der Waals surface area contributed by atoms with Crippen molar-refractivity contribution in [3.05, 3.63) is 59.2 Å². The lowest BCUT2D eigenvalue weighted by Crippen LogP contribution is -2.49. The van der Waals surface area contributed by atoms with Gasteiger partial charge < -0.3 is 9.47 Å². The van der Waals surface area contributed by atoms with Gasteiger partial charge in [0.2, 0.25) is 0 Å². The number of ether oxygens (including phenoxy) is 2. The van der Waals surface area contributed by atoms with Crippen molar-refractivity contribution < 1.29 is 19.1 Å². The molecule has 3 N–H and O–H groups in total. The van der Waals surface area contributed by atoms with Crippen LogP contribution >= 0.6 is 12.2 Å². The fourth-order valence-corrected chi connectivity index (χ4v) is 2.68. The molecule has 8 heteroatoms. The van der Waals surface area contributed by atoms with Crippen LogP contribution in [0.3, 0.4) is 0 Å². The molecular weight excluding hydrogens is 390 g/mol. The third-order valence-electron chi connectivity index (χ3n) is 3.60. The number of rotatable bonds is 6. The highest BCUT2D eigenvalue weighted by molar-refractivity contribution is 7.80. The van der Waals surface area contributed by atoms with Crippen LogP contribution < -0.4 is 25.6 Å². The van der Waals surface area contributed by atoms with Crippen LogP contribution in [0.1, 0.15) is 35.3 Å². The SMILES string of the molecule is Cc1cc(C)cc(OCC(=O)NNC(=S)NC(=O)c2ccccc2OC(C)C)c1. The zero-order valence-electron chi connectivity index (χ0n) is 16.9. The van der Waals surface area contributed by atoms with Gasteiger partial charge in [-0.15, -0.1) is 0 Å². The number of nitrogens with one attached hydrogen (secondary N) is 3. The Morgan fingerprint density at radius 3 is 2.34 bits per heavy atom. The summed E-state index contributed by atoms with van der Waals surface area (Å²) >= 11 is 5.05. The summed E-state index contributed by atoms with van der Waals surface area (Å²) in [5, 5.41) is 2.45. The van der Waals surface area contributed by atoms with Gasteiger partial charge in [-0.2, -0.15) is 0 Å². The van der Waals surface area contributed by atoms with Crippen molar-refractivity contribution >= 4 is 29.1 Å². The summed E-state index contributed by atoms with van der Waals surface area (Å²) in [6.07, 6.45) is -0.0782. The summed E-state index contributed by atoms with van der Waals surface area (Å²) in [6.45, 7) is 7.45. The van der Waals surface area contributed by atoms with Gasteiger partial charge in [-0.25, -0.2) is 0 Å². The number of para-hydroxylation sites is 1. The van der Waals surface area contributed by atoms with Gasteiger partial charge in [-0.1, -0.05) is 18.2 Å². The van der Waals surface area contributed by atoms with E-state index >= 15 is 0 Å². The van der Waals surface area contributed by atoms with E-state index in [1.165, 1.54) is 0 Å². The molecule has 0 spiro atoms. The summed E-state index contributed by atoms with van der Waals surface area (Å²) in [6, 6.07) is 12.5. The summed E-state index contributed by atoms with van der Waals surface area (Å²) < 4.78 is 11.1. The zero-order chi connectivity index (χ0) is 21.4. The van der Waals surface area contributed by atoms with Gasteiger partial charge in [-0.05, 0) is 75.3 Å². The molecule has 0 aliphatic rings. The van der Waals surface area contributed by atoms with E-state index in [-0.39, 0.29) is 17.8 Å². The minimum absolute atomic E-state index is 0.0471. The first kappa shape index (κ1) is 22.2. The number of carbonyl (C=O) groups is 2. The maximum Gasteiger partial charge on any atom is 0.276 e. The molecule has 0 fully saturated rings. The molecule has 7 nitrogen and oxygen atoms in total. The molecule has 0 saturated heterocycles. The van der Waals surface area contributed by atoms with Crippen LogP contribution in [0, 0.1) is 13.8 Å². The van der Waals surface area contributed by atoms with E-state index in [0.29, 0.717) is 17.1 Å². The molecule has 2 rings (SSSR count). The van der Waals surface area contributed by atoms with Crippen molar-refractivity contribution in [1.29, 1.82) is 0 Å². The van der Waals surface area contributed by atoms with Gasteiger partial charge >= 0.3 is 0 Å². The van der Waals surface area contributed by atoms with E-state index in [2.05, 4.69) is 16.2 Å². The van der Waals surface area contributed by atoms with E-state index in [9.17, 15) is 9.59 Å². The summed E-state index contributed by atoms with van der Waals surface area (Å²) in [4.78, 5) is 24.4. The molecule has 0 atom stereocenters. The molecule has 2 aromatic rings. The minimum atomic E-state index is -0.445. The summed E-state index contributed by atoms with van der Waals surface area (Å²) in [7, 11) is 0. The van der Waals surface area contributed by atoms with Crippen LogP contribution in [0.25, 0.3) is 0 Å². The van der Waals surface area contributed by atoms with E-state index < -0.39 is 11.8 Å². The average Bonchev–Trinajstić information content (AvgIpc) is 2.64. The van der Waals surface area contributed by atoms with E-state index in [0.717, 1.165) is 11.1 Å². The number of benzene rings is 2. The van der Waals surface area contributed by atoms with Crippen LogP contribution in [0.15, 0.2) is 42.5 Å². The van der Waals surface area contributed by atoms with Crippen molar-refractivity contribution in [2.75, 3.05) is 6.61 Å². The van der Waals surface area contributed by atoms with Gasteiger partial charge in [0.15, 0.2) is 11.7 Å². The molecule has 0 aromatic heterocycles. The van der Waals surface area contributed by atoms with Gasteiger partial charge in [-0.3, -0.25) is 25.8 Å². The first-order valence-electron chi connectivity index (χ1n) is 9.11. The molecule has 0 aliphatic carbocycles. The standard InChI is InChI=1S/C21H25N3O4S/c1-13(2)28-18-8-6-5-7-17(18)20(26)22-21(29)24-23-19(25)12-27-16-10-14(3)9-15(4)11-16/h5-11,13H,12H2,1-4H3,(H,23,25)(H2,22,24,26,29). The minimum Gasteiger partial charge on any atom is -0.490 e. The number of hydrogen-bond donors (Lipinski definition) is 3. The van der Waals surface area contributed by atoms with Crippen LogP contribution in [0.2, 0.25) is 0 Å². The molecule has 0 unspecified atom stereocenters. The van der Waals surface area contributed by atoms with Crippen molar-refractivity contribution in [2.24, 2.45) is 0 Å². The molecule has 0 saturated carbocycles. The second kappa shape index (κ2) is 10.4. The highest BCUT2D eigenvalue weighted by Crippen LogP contribution is 2.19. The van der Waals surface area contributed by atoms with Crippen LogP contribution in [-0.2, 0) is 4.79 Å². The molecule has 0 heterocycles. The Morgan fingerprint density at radius 2 is 1.69 bits per heavy atom. The van der Waals surface area contributed by atoms with Crippen LogP contribution in [0.5, 0.6) is 11.5 Å². The molecule has 0 bridgehead atoms. The number of carbonyl (C=O) groups excluding carboxylic acids is 2. The number of hydrogen-bond acceptors (Lipinski definition) is 5. The highest BCUT2D eigenvalue weighted by Gasteiger charge is 2.14. The first-order valence-corrected chi connectivity index (χ1v) is 9.52. The monoisotopic (exact) mass is 415 g/mol. The zero-order valence-corrected chi connectivity index (χ0v) is 17.7. The second-order valence-electron chi connectivity index (χ2n) is 6.73. The molecular formula is C21H25N3O4S. The molecule has 154 valence electrons. The number of aryl methyl sites for hydroxylation is 2. The molecule has 29 heavy (non-hydrogen) atoms. The summed E-state index contributed by atoms with van der Waals surface area (Å²) in [5.74, 6) is 0.174. The second-order valence-corrected chi connectivity index (χ2v) is 7.14. The van der Waals surface area contributed by atoms with E-state index in [4.69, 9.17) is 21.7 Å². The van der Waals surface area contributed by atoms with Crippen molar-refractivity contribution in [2.45, 2.75) is 33.8 Å². The third-order valence-corrected chi connectivity index (χ3v) is 3.81. The Hall–Kier alpha value is -3.13. The van der Waals surface area contributed by atoms with Gasteiger partial charge in [0, 0.05) is 0 Å². The number of thiocarbonyl (C=S) groups is 1. The van der Waals surface area contributed by atoms with Crippen molar-refractivity contribution in [3.63, 3.8) is 0 Å². The normalized spacial score (nSPS) is 10.2. The maximum absolute atomic E-state index is 12.4. The van der Waals surface area contributed by atoms with E-state index in [1.807, 2.05) is 45.9 Å². The Labute approximate surface area is 175 Å². The molecule has 0 radical (unpaired) electrons. The number of amides is 2. The predicted octanol–water partition coefficient (Wildman–Crippen LogP) is 2.81. The Morgan fingerprint density at radius 1 is 1.03 bits per heavy atom. The number of hydrazine groups is 1. The van der Waals surface area contributed by atoms with Crippen molar-refractivity contribution in [1.82, 2.24) is 16.2 Å². The van der Waals surface area contributed by atoms with Crippen molar-refractivity contribution in [3.8, 4) is 11.5 Å². The lowest BCUT2D eigenvalue weighted by atomic mass is 10.1. The average molecular weight is 416 g/mol. The topological polar surface area (TPSA) is 88.7 Å². The van der Waals surface area contributed by atoms with Gasteiger partial charge in [0.1, 0.15) is 11.5 Å². The Bertz CT molecular complexity index is 879. The van der Waals surface area contributed by atoms with Crippen LogP contribution in [-0.4, -0.2) is 29.6 Å². The lowest BCUT2D eigenvalue weighted by Gasteiger charge is -2.15. The molecule has 0 aliphatic heterocycles. The molecule has 2 aromatic carbocycles. The van der Waals surface area contributed by atoms with Gasteiger partial charge in [0.05, 0.1) is 11.7 Å². The van der Waals surface area contributed by atoms with E-state index in [1.54, 1.807) is 24.3 Å². The highest BCUT2D eigenvalue weighted by atomic mass is 32.1. The smallest absolute Gasteiger partial charge is 0.276 e. The third kappa shape index (κ3) is 7.42. The lowest BCUT2D eigenvalue weighted by molar-refractivity contribution is -0.123. The summed E-state index contributed by atoms with van der Waals surface area (Å²) in [5.41, 5.74) is 7.30. The Kier molecular flexibility index (Phi) is 7.97. The largest absolute Gasteiger partial charge is 0.490 e. The first-order chi connectivity index (χ1) is 13.7. The predicted molar refractivity (Wildman–Crippen MR) is 115 cm³/mol. The quantitative estimate of drug-likeness (QED) is 0.497. The molecule has 2 amide bonds. The maximum atomic E-state index is 12.4. The fraction of sp³-hybridized carbons (Fsp3) is 0.286. The van der Waals surface area contributed by atoms with Crippen LogP contribution in [0.4, 0.5) is 0 Å².